The monoisotopic (exact) mass is 258 g/mol. The van der Waals surface area contributed by atoms with Gasteiger partial charge in [-0.05, 0) is 48.3 Å². The second kappa shape index (κ2) is 4.32. The van der Waals surface area contributed by atoms with Gasteiger partial charge < -0.3 is 9.84 Å². The van der Waals surface area contributed by atoms with Gasteiger partial charge in [0.05, 0.1) is 11.1 Å². The van der Waals surface area contributed by atoms with Crippen LogP contribution in [0.2, 0.25) is 0 Å². The second-order valence-electron chi connectivity index (χ2n) is 4.10. The first-order valence-electron chi connectivity index (χ1n) is 4.51. The standard InChI is InChI=1S/C11H15BrO2/c1-11(2,3)14-9-6-4-5-8(7-13)10(9)12/h4-6,13H,7H2,1-3H3. The van der Waals surface area contributed by atoms with Gasteiger partial charge in [0, 0.05) is 0 Å². The summed E-state index contributed by atoms with van der Waals surface area (Å²) in [6.07, 6.45) is 0. The topological polar surface area (TPSA) is 29.5 Å². The molecular weight excluding hydrogens is 244 g/mol. The van der Waals surface area contributed by atoms with E-state index in [2.05, 4.69) is 15.9 Å². The summed E-state index contributed by atoms with van der Waals surface area (Å²) in [5.41, 5.74) is 0.614. The third kappa shape index (κ3) is 3.00. The first-order valence-corrected chi connectivity index (χ1v) is 5.30. The molecular formula is C11H15BrO2. The molecule has 0 unspecified atom stereocenters. The molecule has 14 heavy (non-hydrogen) atoms. The van der Waals surface area contributed by atoms with Gasteiger partial charge in [-0.25, -0.2) is 0 Å². The molecule has 0 spiro atoms. The number of aliphatic hydroxyl groups excluding tert-OH is 1. The molecule has 0 bridgehead atoms. The van der Waals surface area contributed by atoms with Crippen molar-refractivity contribution in [2.75, 3.05) is 0 Å². The summed E-state index contributed by atoms with van der Waals surface area (Å²) in [6, 6.07) is 5.62. The molecule has 0 heterocycles. The molecule has 1 aromatic carbocycles. The van der Waals surface area contributed by atoms with Crippen molar-refractivity contribution in [2.45, 2.75) is 33.0 Å². The molecule has 0 aliphatic carbocycles. The van der Waals surface area contributed by atoms with Crippen molar-refractivity contribution in [3.63, 3.8) is 0 Å². The fraction of sp³-hybridized carbons (Fsp3) is 0.455. The van der Waals surface area contributed by atoms with Gasteiger partial charge in [-0.3, -0.25) is 0 Å². The Kier molecular flexibility index (Phi) is 3.56. The number of halogens is 1. The number of aliphatic hydroxyl groups is 1. The van der Waals surface area contributed by atoms with E-state index in [-0.39, 0.29) is 12.2 Å². The van der Waals surface area contributed by atoms with Crippen molar-refractivity contribution in [1.82, 2.24) is 0 Å². The molecule has 0 fully saturated rings. The summed E-state index contributed by atoms with van der Waals surface area (Å²) in [4.78, 5) is 0. The maximum Gasteiger partial charge on any atom is 0.134 e. The van der Waals surface area contributed by atoms with Gasteiger partial charge in [0.25, 0.3) is 0 Å². The lowest BCUT2D eigenvalue weighted by molar-refractivity contribution is 0.129. The molecule has 2 nitrogen and oxygen atoms in total. The molecule has 0 saturated carbocycles. The van der Waals surface area contributed by atoms with Crippen LogP contribution >= 0.6 is 15.9 Å². The van der Waals surface area contributed by atoms with Crippen molar-refractivity contribution < 1.29 is 9.84 Å². The summed E-state index contributed by atoms with van der Waals surface area (Å²) < 4.78 is 6.55. The van der Waals surface area contributed by atoms with Gasteiger partial charge in [-0.1, -0.05) is 12.1 Å². The third-order valence-electron chi connectivity index (χ3n) is 1.63. The zero-order chi connectivity index (χ0) is 10.8. The van der Waals surface area contributed by atoms with E-state index in [4.69, 9.17) is 9.84 Å². The largest absolute Gasteiger partial charge is 0.487 e. The summed E-state index contributed by atoms with van der Waals surface area (Å²) in [7, 11) is 0. The highest BCUT2D eigenvalue weighted by Gasteiger charge is 2.14. The normalized spacial score (nSPS) is 11.5. The molecule has 0 amide bonds. The first kappa shape index (κ1) is 11.5. The van der Waals surface area contributed by atoms with Crippen LogP contribution < -0.4 is 4.74 Å². The molecule has 0 atom stereocenters. The highest BCUT2D eigenvalue weighted by Crippen LogP contribution is 2.31. The molecule has 1 aromatic rings. The minimum atomic E-state index is -0.226. The Balaban J connectivity index is 2.98. The van der Waals surface area contributed by atoms with Crippen molar-refractivity contribution in [1.29, 1.82) is 0 Å². The Labute approximate surface area is 93.0 Å². The van der Waals surface area contributed by atoms with Gasteiger partial charge >= 0.3 is 0 Å². The van der Waals surface area contributed by atoms with Crippen LogP contribution in [0.25, 0.3) is 0 Å². The van der Waals surface area contributed by atoms with E-state index in [1.54, 1.807) is 0 Å². The molecule has 78 valence electrons. The lowest BCUT2D eigenvalue weighted by Crippen LogP contribution is -2.23. The SMILES string of the molecule is CC(C)(C)Oc1cccc(CO)c1Br. The van der Waals surface area contributed by atoms with Gasteiger partial charge in [0.15, 0.2) is 0 Å². The van der Waals surface area contributed by atoms with E-state index in [9.17, 15) is 0 Å². The maximum absolute atomic E-state index is 9.06. The highest BCUT2D eigenvalue weighted by molar-refractivity contribution is 9.10. The number of hydrogen-bond acceptors (Lipinski definition) is 2. The lowest BCUT2D eigenvalue weighted by atomic mass is 10.1. The molecule has 1 rings (SSSR count). The van der Waals surface area contributed by atoms with E-state index in [1.807, 2.05) is 39.0 Å². The van der Waals surface area contributed by atoms with Crippen LogP contribution in [-0.2, 0) is 6.61 Å². The molecule has 1 N–H and O–H groups in total. The summed E-state index contributed by atoms with van der Waals surface area (Å²) in [6.45, 7) is 5.99. The predicted molar refractivity (Wildman–Crippen MR) is 60.4 cm³/mol. The number of rotatable bonds is 2. The average Bonchev–Trinajstić information content (AvgIpc) is 2.06. The molecule has 3 heteroatoms. The average molecular weight is 259 g/mol. The van der Waals surface area contributed by atoms with E-state index >= 15 is 0 Å². The second-order valence-corrected chi connectivity index (χ2v) is 4.89. The number of hydrogen-bond donors (Lipinski definition) is 1. The van der Waals surface area contributed by atoms with Crippen LogP contribution in [0, 0.1) is 0 Å². The minimum absolute atomic E-state index is 0.0158. The smallest absolute Gasteiger partial charge is 0.134 e. The van der Waals surface area contributed by atoms with Crippen molar-refractivity contribution >= 4 is 15.9 Å². The van der Waals surface area contributed by atoms with E-state index in [0.29, 0.717) is 0 Å². The Morgan fingerprint density at radius 2 is 2.00 bits per heavy atom. The zero-order valence-electron chi connectivity index (χ0n) is 8.67. The molecule has 0 radical (unpaired) electrons. The molecule has 0 aliphatic rings. The Hall–Kier alpha value is -0.540. The van der Waals surface area contributed by atoms with E-state index in [0.717, 1.165) is 15.8 Å². The molecule has 0 saturated heterocycles. The third-order valence-corrected chi connectivity index (χ3v) is 2.53. The minimum Gasteiger partial charge on any atom is -0.487 e. The highest BCUT2D eigenvalue weighted by atomic mass is 79.9. The maximum atomic E-state index is 9.06. The van der Waals surface area contributed by atoms with Crippen LogP contribution in [0.1, 0.15) is 26.3 Å². The number of benzene rings is 1. The van der Waals surface area contributed by atoms with Crippen LogP contribution in [0.4, 0.5) is 0 Å². The van der Waals surface area contributed by atoms with Gasteiger partial charge in [-0.2, -0.15) is 0 Å². The fourth-order valence-electron chi connectivity index (χ4n) is 1.09. The summed E-state index contributed by atoms with van der Waals surface area (Å²) in [5, 5.41) is 9.06. The van der Waals surface area contributed by atoms with E-state index < -0.39 is 0 Å². The van der Waals surface area contributed by atoms with Crippen molar-refractivity contribution in [3.05, 3.63) is 28.2 Å². The molecule has 0 aromatic heterocycles. The first-order chi connectivity index (χ1) is 6.44. The Morgan fingerprint density at radius 3 is 2.50 bits per heavy atom. The van der Waals surface area contributed by atoms with Crippen molar-refractivity contribution in [2.24, 2.45) is 0 Å². The quantitative estimate of drug-likeness (QED) is 0.884. The van der Waals surface area contributed by atoms with E-state index in [1.165, 1.54) is 0 Å². The Bertz CT molecular complexity index is 316. The van der Waals surface area contributed by atoms with Crippen LogP contribution in [0.5, 0.6) is 5.75 Å². The van der Waals surface area contributed by atoms with Gasteiger partial charge in [0.1, 0.15) is 11.4 Å². The lowest BCUT2D eigenvalue weighted by Gasteiger charge is -2.22. The summed E-state index contributed by atoms with van der Waals surface area (Å²) >= 11 is 3.41. The molecule has 0 aliphatic heterocycles. The van der Waals surface area contributed by atoms with Crippen LogP contribution in [0.3, 0.4) is 0 Å². The Morgan fingerprint density at radius 1 is 1.36 bits per heavy atom. The zero-order valence-corrected chi connectivity index (χ0v) is 10.3. The van der Waals surface area contributed by atoms with Gasteiger partial charge in [0.2, 0.25) is 0 Å². The van der Waals surface area contributed by atoms with Gasteiger partial charge in [-0.15, -0.1) is 0 Å². The predicted octanol–water partition coefficient (Wildman–Crippen LogP) is 3.12. The fourth-order valence-corrected chi connectivity index (χ4v) is 1.56. The summed E-state index contributed by atoms with van der Waals surface area (Å²) in [5.74, 6) is 0.768. The van der Waals surface area contributed by atoms with Crippen LogP contribution in [0.15, 0.2) is 22.7 Å². The van der Waals surface area contributed by atoms with Crippen LogP contribution in [-0.4, -0.2) is 10.7 Å². The number of ether oxygens (including phenoxy) is 1. The van der Waals surface area contributed by atoms with Crippen molar-refractivity contribution in [3.8, 4) is 5.75 Å².